The van der Waals surface area contributed by atoms with E-state index in [0.29, 0.717) is 16.9 Å². The van der Waals surface area contributed by atoms with Crippen LogP contribution in [0.4, 0.5) is 5.69 Å². The van der Waals surface area contributed by atoms with Crippen LogP contribution in [0.1, 0.15) is 47.9 Å². The van der Waals surface area contributed by atoms with Crippen LogP contribution < -0.4 is 5.73 Å². The van der Waals surface area contributed by atoms with Crippen molar-refractivity contribution in [1.82, 2.24) is 0 Å². The first-order valence-corrected chi connectivity index (χ1v) is 7.59. The van der Waals surface area contributed by atoms with Crippen LogP contribution in [0.3, 0.4) is 0 Å². The molecule has 1 aliphatic carbocycles. The highest BCUT2D eigenvalue weighted by atomic mass is 16.3. The number of furan rings is 1. The average Bonchev–Trinajstić information content (AvgIpc) is 3.02. The number of nitrogens with zero attached hydrogens (tertiary/aromatic N) is 2. The largest absolute Gasteiger partial charge is 0.464 e. The molecule has 0 saturated heterocycles. The van der Waals surface area contributed by atoms with Gasteiger partial charge in [0, 0.05) is 5.56 Å². The molecule has 2 aromatic rings. The summed E-state index contributed by atoms with van der Waals surface area (Å²) in [5.74, 6) is 0.657. The molecule has 1 aromatic heterocycles. The predicted octanol–water partition coefficient (Wildman–Crippen LogP) is 3.93. The van der Waals surface area contributed by atoms with Crippen LogP contribution in [0.5, 0.6) is 0 Å². The number of fused-ring (bicyclic) bond motifs is 1. The standard InChI is InChI=1S/C18H17N3O/c19-10-14-12-6-3-1-2-4-7-13(12)17(15(11-20)18(14)21)16-8-5-9-22-16/h5,8-9H,1-4,6-7,21H2. The van der Waals surface area contributed by atoms with Crippen LogP contribution >= 0.6 is 0 Å². The lowest BCUT2D eigenvalue weighted by Gasteiger charge is -2.21. The Balaban J connectivity index is 2.37. The van der Waals surface area contributed by atoms with E-state index in [9.17, 15) is 10.5 Å². The van der Waals surface area contributed by atoms with E-state index in [0.717, 1.165) is 42.4 Å². The minimum Gasteiger partial charge on any atom is -0.464 e. The fourth-order valence-electron chi connectivity index (χ4n) is 3.32. The first kappa shape index (κ1) is 14.2. The maximum Gasteiger partial charge on any atom is 0.135 e. The van der Waals surface area contributed by atoms with Gasteiger partial charge in [-0.25, -0.2) is 0 Å². The van der Waals surface area contributed by atoms with Gasteiger partial charge < -0.3 is 10.2 Å². The van der Waals surface area contributed by atoms with Crippen LogP contribution in [0.25, 0.3) is 11.3 Å². The van der Waals surface area contributed by atoms with E-state index >= 15 is 0 Å². The van der Waals surface area contributed by atoms with Crippen LogP contribution in [0.15, 0.2) is 22.8 Å². The minimum absolute atomic E-state index is 0.288. The molecule has 0 spiro atoms. The zero-order valence-corrected chi connectivity index (χ0v) is 12.4. The Morgan fingerprint density at radius 3 is 2.23 bits per heavy atom. The van der Waals surface area contributed by atoms with Crippen molar-refractivity contribution in [2.24, 2.45) is 0 Å². The predicted molar refractivity (Wildman–Crippen MR) is 83.9 cm³/mol. The lowest BCUT2D eigenvalue weighted by Crippen LogP contribution is -2.10. The third-order valence-corrected chi connectivity index (χ3v) is 4.35. The molecule has 0 bridgehead atoms. The molecule has 0 saturated carbocycles. The number of nitriles is 2. The third kappa shape index (κ3) is 2.23. The van der Waals surface area contributed by atoms with Crippen LogP contribution in [-0.4, -0.2) is 0 Å². The molecule has 1 aliphatic rings. The molecule has 4 nitrogen and oxygen atoms in total. The molecular weight excluding hydrogens is 274 g/mol. The van der Waals surface area contributed by atoms with E-state index in [-0.39, 0.29) is 5.69 Å². The highest BCUT2D eigenvalue weighted by Crippen LogP contribution is 2.39. The highest BCUT2D eigenvalue weighted by molar-refractivity contribution is 5.83. The molecule has 1 heterocycles. The van der Waals surface area contributed by atoms with E-state index in [1.807, 2.05) is 6.07 Å². The summed E-state index contributed by atoms with van der Waals surface area (Å²) in [5.41, 5.74) is 10.1. The number of hydrogen-bond donors (Lipinski definition) is 1. The Morgan fingerprint density at radius 1 is 0.955 bits per heavy atom. The Kier molecular flexibility index (Phi) is 3.85. The molecule has 0 atom stereocenters. The number of rotatable bonds is 1. The van der Waals surface area contributed by atoms with Gasteiger partial charge in [-0.05, 0) is 48.9 Å². The first-order valence-electron chi connectivity index (χ1n) is 7.59. The molecule has 2 N–H and O–H groups in total. The van der Waals surface area contributed by atoms with Crippen LogP contribution in [0.2, 0.25) is 0 Å². The van der Waals surface area contributed by atoms with Crippen molar-refractivity contribution in [1.29, 1.82) is 10.5 Å². The van der Waals surface area contributed by atoms with Crippen molar-refractivity contribution in [2.45, 2.75) is 38.5 Å². The summed E-state index contributed by atoms with van der Waals surface area (Å²) in [5, 5.41) is 19.1. The Labute approximate surface area is 129 Å². The summed E-state index contributed by atoms with van der Waals surface area (Å²) >= 11 is 0. The summed E-state index contributed by atoms with van der Waals surface area (Å²) in [6.45, 7) is 0. The van der Waals surface area contributed by atoms with Crippen molar-refractivity contribution in [2.75, 3.05) is 5.73 Å². The number of nitrogen functional groups attached to an aromatic ring is 1. The number of hydrogen-bond acceptors (Lipinski definition) is 4. The lowest BCUT2D eigenvalue weighted by molar-refractivity contribution is 0.578. The maximum absolute atomic E-state index is 9.56. The summed E-state index contributed by atoms with van der Waals surface area (Å²) in [7, 11) is 0. The molecule has 110 valence electrons. The Hall–Kier alpha value is -2.72. The Morgan fingerprint density at radius 2 is 1.64 bits per heavy atom. The van der Waals surface area contributed by atoms with E-state index < -0.39 is 0 Å². The van der Waals surface area contributed by atoms with Crippen molar-refractivity contribution in [3.8, 4) is 23.5 Å². The molecule has 3 rings (SSSR count). The van der Waals surface area contributed by atoms with Gasteiger partial charge in [0.25, 0.3) is 0 Å². The molecule has 0 unspecified atom stereocenters. The number of nitrogens with two attached hydrogens (primary N) is 1. The third-order valence-electron chi connectivity index (χ3n) is 4.35. The van der Waals surface area contributed by atoms with Gasteiger partial charge in [-0.1, -0.05) is 12.8 Å². The SMILES string of the molecule is N#Cc1c(N)c(C#N)c(-c2ccco2)c2c1CCCCCC2. The molecule has 22 heavy (non-hydrogen) atoms. The number of benzene rings is 1. The van der Waals surface area contributed by atoms with Crippen molar-refractivity contribution in [3.05, 3.63) is 40.6 Å². The average molecular weight is 291 g/mol. The maximum atomic E-state index is 9.56. The minimum atomic E-state index is 0.288. The lowest BCUT2D eigenvalue weighted by atomic mass is 9.83. The fraction of sp³-hybridized carbons (Fsp3) is 0.333. The van der Waals surface area contributed by atoms with Gasteiger partial charge in [0.2, 0.25) is 0 Å². The number of anilines is 1. The van der Waals surface area contributed by atoms with E-state index in [4.69, 9.17) is 10.2 Å². The molecule has 0 amide bonds. The van der Waals surface area contributed by atoms with Gasteiger partial charge in [-0.3, -0.25) is 0 Å². The summed E-state index contributed by atoms with van der Waals surface area (Å²) in [6, 6.07) is 8.04. The first-order chi connectivity index (χ1) is 10.8. The molecule has 0 radical (unpaired) electrons. The quantitative estimate of drug-likeness (QED) is 0.806. The summed E-state index contributed by atoms with van der Waals surface area (Å²) < 4.78 is 5.54. The second-order valence-electron chi connectivity index (χ2n) is 5.61. The van der Waals surface area contributed by atoms with Gasteiger partial charge in [0.15, 0.2) is 0 Å². The summed E-state index contributed by atoms with van der Waals surface area (Å²) in [6.07, 6.45) is 7.73. The second kappa shape index (κ2) is 5.95. The molecule has 0 aliphatic heterocycles. The zero-order valence-electron chi connectivity index (χ0n) is 12.4. The van der Waals surface area contributed by atoms with Gasteiger partial charge in [0.05, 0.1) is 23.1 Å². The fourth-order valence-corrected chi connectivity index (χ4v) is 3.32. The topological polar surface area (TPSA) is 86.7 Å². The van der Waals surface area contributed by atoms with E-state index in [1.165, 1.54) is 12.8 Å². The van der Waals surface area contributed by atoms with Gasteiger partial charge in [-0.15, -0.1) is 0 Å². The van der Waals surface area contributed by atoms with Crippen molar-refractivity contribution < 1.29 is 4.42 Å². The molecule has 0 fully saturated rings. The Bertz CT molecular complexity index is 776. The molecular formula is C18H17N3O. The molecule has 1 aromatic carbocycles. The highest BCUT2D eigenvalue weighted by Gasteiger charge is 2.25. The zero-order chi connectivity index (χ0) is 15.5. The van der Waals surface area contributed by atoms with Crippen LogP contribution in [0, 0.1) is 22.7 Å². The smallest absolute Gasteiger partial charge is 0.135 e. The van der Waals surface area contributed by atoms with Gasteiger partial charge >= 0.3 is 0 Å². The van der Waals surface area contributed by atoms with E-state index in [2.05, 4.69) is 12.1 Å². The second-order valence-corrected chi connectivity index (χ2v) is 5.61. The normalized spacial score (nSPS) is 14.3. The summed E-state index contributed by atoms with van der Waals surface area (Å²) in [4.78, 5) is 0. The van der Waals surface area contributed by atoms with Gasteiger partial charge in [-0.2, -0.15) is 10.5 Å². The van der Waals surface area contributed by atoms with Crippen molar-refractivity contribution >= 4 is 5.69 Å². The monoisotopic (exact) mass is 291 g/mol. The van der Waals surface area contributed by atoms with Gasteiger partial charge in [0.1, 0.15) is 17.9 Å². The van der Waals surface area contributed by atoms with Crippen molar-refractivity contribution in [3.63, 3.8) is 0 Å². The van der Waals surface area contributed by atoms with E-state index in [1.54, 1.807) is 12.3 Å². The van der Waals surface area contributed by atoms with Crippen LogP contribution in [-0.2, 0) is 12.8 Å². The molecule has 4 heteroatoms.